The van der Waals surface area contributed by atoms with Crippen LogP contribution in [-0.4, -0.2) is 68.6 Å². The summed E-state index contributed by atoms with van der Waals surface area (Å²) in [7, 11) is -3.11. The summed E-state index contributed by atoms with van der Waals surface area (Å²) >= 11 is 0. The summed E-state index contributed by atoms with van der Waals surface area (Å²) in [6.07, 6.45) is 1.10. The molecule has 0 aliphatic carbocycles. The second-order valence-corrected chi connectivity index (χ2v) is 9.20. The molecule has 2 aliphatic heterocycles. The molecule has 154 valence electrons. The molecule has 0 N–H and O–H groups in total. The molecule has 8 nitrogen and oxygen atoms in total. The van der Waals surface area contributed by atoms with Gasteiger partial charge in [0.15, 0.2) is 27.9 Å². The quantitative estimate of drug-likeness (QED) is 0.621. The smallest absolute Gasteiger partial charge is 0.351 e. The van der Waals surface area contributed by atoms with Crippen LogP contribution in [0.3, 0.4) is 0 Å². The van der Waals surface area contributed by atoms with Gasteiger partial charge in [-0.05, 0) is 25.0 Å². The predicted molar refractivity (Wildman–Crippen MR) is 101 cm³/mol. The van der Waals surface area contributed by atoms with Gasteiger partial charge in [-0.1, -0.05) is 25.5 Å². The Kier molecular flexibility index (Phi) is 6.43. The summed E-state index contributed by atoms with van der Waals surface area (Å²) in [6, 6.07) is 6.63. The minimum absolute atomic E-state index is 0.00442. The Bertz CT molecular complexity index is 823. The van der Waals surface area contributed by atoms with Crippen LogP contribution in [0.2, 0.25) is 0 Å². The number of para-hydroxylation sites is 2. The second-order valence-electron chi connectivity index (χ2n) is 6.97. The van der Waals surface area contributed by atoms with E-state index in [9.17, 15) is 18.0 Å². The molecule has 1 amide bonds. The van der Waals surface area contributed by atoms with Crippen LogP contribution in [-0.2, 0) is 24.2 Å². The number of carbonyl (C=O) groups excluding carboxylic acids is 2. The largest absolute Gasteiger partial charge is 0.485 e. The number of amides is 1. The third-order valence-electron chi connectivity index (χ3n) is 4.83. The number of hydrogen-bond acceptors (Lipinski definition) is 7. The van der Waals surface area contributed by atoms with Crippen LogP contribution in [0.25, 0.3) is 0 Å². The lowest BCUT2D eigenvalue weighted by atomic mass is 10.2. The Hall–Kier alpha value is -2.29. The molecule has 2 atom stereocenters. The molecule has 3 rings (SSSR count). The van der Waals surface area contributed by atoms with E-state index in [1.807, 2.05) is 6.92 Å². The van der Waals surface area contributed by atoms with Crippen molar-refractivity contribution in [2.45, 2.75) is 38.3 Å². The first kappa shape index (κ1) is 20.4. The van der Waals surface area contributed by atoms with E-state index >= 15 is 0 Å². The van der Waals surface area contributed by atoms with Crippen LogP contribution in [0, 0.1) is 0 Å². The predicted octanol–water partition coefficient (Wildman–Crippen LogP) is 1.19. The topological polar surface area (TPSA) is 99.2 Å². The van der Waals surface area contributed by atoms with Gasteiger partial charge in [0.1, 0.15) is 6.61 Å². The van der Waals surface area contributed by atoms with Gasteiger partial charge in [-0.2, -0.15) is 0 Å². The monoisotopic (exact) mass is 411 g/mol. The van der Waals surface area contributed by atoms with Gasteiger partial charge in [-0.15, -0.1) is 0 Å². The molecule has 0 spiro atoms. The maximum atomic E-state index is 12.6. The summed E-state index contributed by atoms with van der Waals surface area (Å²) < 4.78 is 39.7. The molecule has 2 aliphatic rings. The maximum Gasteiger partial charge on any atom is 0.351 e. The molecule has 0 aromatic heterocycles. The Morgan fingerprint density at radius 1 is 1.25 bits per heavy atom. The molecular formula is C19H25NO7S. The van der Waals surface area contributed by atoms with Gasteiger partial charge >= 0.3 is 5.97 Å². The lowest BCUT2D eigenvalue weighted by Gasteiger charge is -2.29. The number of carbonyl (C=O) groups is 2. The van der Waals surface area contributed by atoms with Gasteiger partial charge in [0.05, 0.1) is 11.5 Å². The van der Waals surface area contributed by atoms with Gasteiger partial charge < -0.3 is 19.1 Å². The molecular weight excluding hydrogens is 386 g/mol. The van der Waals surface area contributed by atoms with E-state index < -0.39 is 28.5 Å². The third-order valence-corrected chi connectivity index (χ3v) is 6.58. The van der Waals surface area contributed by atoms with Crippen molar-refractivity contribution in [3.05, 3.63) is 24.3 Å². The summed E-state index contributed by atoms with van der Waals surface area (Å²) in [5.41, 5.74) is 0. The molecule has 0 radical (unpaired) electrons. The fraction of sp³-hybridized carbons (Fsp3) is 0.579. The minimum atomic E-state index is -3.11. The van der Waals surface area contributed by atoms with Crippen molar-refractivity contribution in [2.75, 3.05) is 31.3 Å². The molecule has 0 unspecified atom stereocenters. The number of unbranched alkanes of at least 4 members (excludes halogenated alkanes) is 1. The number of sulfone groups is 1. The van der Waals surface area contributed by atoms with Crippen molar-refractivity contribution < 1.29 is 32.2 Å². The normalized spacial score (nSPS) is 22.5. The van der Waals surface area contributed by atoms with Gasteiger partial charge in [0.25, 0.3) is 5.91 Å². The zero-order chi connectivity index (χ0) is 20.1. The van der Waals surface area contributed by atoms with Crippen molar-refractivity contribution in [3.63, 3.8) is 0 Å². The van der Waals surface area contributed by atoms with Crippen molar-refractivity contribution in [3.8, 4) is 11.5 Å². The zero-order valence-electron chi connectivity index (χ0n) is 15.8. The number of nitrogens with zero attached hydrogens (tertiary/aromatic N) is 1. The first-order valence-corrected chi connectivity index (χ1v) is 11.3. The van der Waals surface area contributed by atoms with Crippen LogP contribution in [0.15, 0.2) is 24.3 Å². The van der Waals surface area contributed by atoms with Crippen molar-refractivity contribution >= 4 is 21.7 Å². The molecule has 1 aromatic carbocycles. The van der Waals surface area contributed by atoms with Crippen LogP contribution >= 0.6 is 0 Å². The van der Waals surface area contributed by atoms with Crippen LogP contribution in [0.1, 0.15) is 26.2 Å². The van der Waals surface area contributed by atoms with Crippen LogP contribution in [0.5, 0.6) is 11.5 Å². The van der Waals surface area contributed by atoms with Crippen molar-refractivity contribution in [1.29, 1.82) is 0 Å². The lowest BCUT2D eigenvalue weighted by Crippen LogP contribution is -2.45. The number of esters is 1. The zero-order valence-corrected chi connectivity index (χ0v) is 16.7. The number of benzene rings is 1. The van der Waals surface area contributed by atoms with Crippen LogP contribution < -0.4 is 9.47 Å². The highest BCUT2D eigenvalue weighted by atomic mass is 32.2. The number of fused-ring (bicyclic) bond motifs is 1. The summed E-state index contributed by atoms with van der Waals surface area (Å²) in [4.78, 5) is 26.4. The Morgan fingerprint density at radius 2 is 2.00 bits per heavy atom. The van der Waals surface area contributed by atoms with Crippen LogP contribution in [0.4, 0.5) is 0 Å². The average Bonchev–Trinajstić information content (AvgIpc) is 3.05. The number of hydrogen-bond donors (Lipinski definition) is 0. The minimum Gasteiger partial charge on any atom is -0.485 e. The summed E-state index contributed by atoms with van der Waals surface area (Å²) in [6.45, 7) is 2.00. The molecule has 1 saturated heterocycles. The van der Waals surface area contributed by atoms with Gasteiger partial charge in [0, 0.05) is 12.6 Å². The highest BCUT2D eigenvalue weighted by Crippen LogP contribution is 2.31. The number of ether oxygens (including phenoxy) is 3. The third kappa shape index (κ3) is 4.95. The molecule has 1 aromatic rings. The summed E-state index contributed by atoms with van der Waals surface area (Å²) in [5, 5.41) is 0. The van der Waals surface area contributed by atoms with E-state index in [1.165, 1.54) is 4.90 Å². The van der Waals surface area contributed by atoms with Gasteiger partial charge in [-0.25, -0.2) is 13.2 Å². The summed E-state index contributed by atoms with van der Waals surface area (Å²) in [5.74, 6) is -0.0239. The maximum absolute atomic E-state index is 12.6. The Labute approximate surface area is 164 Å². The Morgan fingerprint density at radius 3 is 2.68 bits per heavy atom. The van der Waals surface area contributed by atoms with E-state index in [4.69, 9.17) is 14.2 Å². The molecule has 28 heavy (non-hydrogen) atoms. The second kappa shape index (κ2) is 8.81. The molecule has 0 bridgehead atoms. The highest BCUT2D eigenvalue weighted by Gasteiger charge is 2.35. The van der Waals surface area contributed by atoms with E-state index in [1.54, 1.807) is 24.3 Å². The molecule has 0 saturated carbocycles. The Balaban J connectivity index is 1.56. The molecule has 1 fully saturated rings. The molecule has 2 heterocycles. The van der Waals surface area contributed by atoms with E-state index in [0.29, 0.717) is 24.5 Å². The highest BCUT2D eigenvalue weighted by molar-refractivity contribution is 7.91. The standard InChI is InChI=1S/C19H25NO7S/c1-2-3-9-20(14-8-10-28(23,24)13-14)18(21)12-26-19(22)17-11-25-15-6-4-5-7-16(15)27-17/h4-7,14,17H,2-3,8-13H2,1H3/t14-,17+/m1/s1. The fourth-order valence-corrected chi connectivity index (χ4v) is 5.04. The first-order valence-electron chi connectivity index (χ1n) is 9.44. The molecule has 9 heteroatoms. The fourth-order valence-electron chi connectivity index (χ4n) is 3.30. The average molecular weight is 411 g/mol. The first-order chi connectivity index (χ1) is 13.4. The van der Waals surface area contributed by atoms with Gasteiger partial charge in [-0.3, -0.25) is 4.79 Å². The van der Waals surface area contributed by atoms with E-state index in [-0.39, 0.29) is 30.1 Å². The van der Waals surface area contributed by atoms with E-state index in [2.05, 4.69) is 0 Å². The SMILES string of the molecule is CCCCN(C(=O)COC(=O)[C@@H]1COc2ccccc2O1)[C@@H]1CCS(=O)(=O)C1. The van der Waals surface area contributed by atoms with Crippen molar-refractivity contribution in [2.24, 2.45) is 0 Å². The van der Waals surface area contributed by atoms with E-state index in [0.717, 1.165) is 12.8 Å². The van der Waals surface area contributed by atoms with Gasteiger partial charge in [0.2, 0.25) is 6.10 Å². The lowest BCUT2D eigenvalue weighted by molar-refractivity contribution is -0.160. The van der Waals surface area contributed by atoms with Crippen molar-refractivity contribution in [1.82, 2.24) is 4.90 Å². The number of rotatable bonds is 7.